The zero-order valence-electron chi connectivity index (χ0n) is 17.8. The lowest BCUT2D eigenvalue weighted by molar-refractivity contribution is 0.0859. The summed E-state index contributed by atoms with van der Waals surface area (Å²) in [5, 5.41) is 9.74. The quantitative estimate of drug-likeness (QED) is 0.678. The summed E-state index contributed by atoms with van der Waals surface area (Å²) in [4.78, 5) is 25.9. The van der Waals surface area contributed by atoms with Gasteiger partial charge in [-0.2, -0.15) is 0 Å². The average molecular weight is 407 g/mol. The minimum atomic E-state index is -0.398. The standard InChI is InChI=1S/C26H30O4/c1-3-23(28)21-14-18(24(29)13-17-9-11-20(27)12-10-17)15-22-25(21)30-16-26(22,2)19-7-5-4-6-8-19/h4-8,14-15,17,20,27H,3,9-13,16H2,1-2H3/t17?,20?,26-/m0/s1. The van der Waals surface area contributed by atoms with Crippen molar-refractivity contribution in [3.05, 3.63) is 64.7 Å². The van der Waals surface area contributed by atoms with Gasteiger partial charge in [0.2, 0.25) is 0 Å². The number of ether oxygens (including phenoxy) is 1. The first-order valence-corrected chi connectivity index (χ1v) is 11.0. The molecule has 2 aromatic carbocycles. The first-order chi connectivity index (χ1) is 14.4. The van der Waals surface area contributed by atoms with E-state index < -0.39 is 5.41 Å². The molecule has 0 spiro atoms. The second-order valence-electron chi connectivity index (χ2n) is 8.97. The first kappa shape index (κ1) is 20.8. The predicted molar refractivity (Wildman–Crippen MR) is 116 cm³/mol. The smallest absolute Gasteiger partial charge is 0.166 e. The van der Waals surface area contributed by atoms with Crippen molar-refractivity contribution in [1.29, 1.82) is 0 Å². The van der Waals surface area contributed by atoms with Gasteiger partial charge in [-0.05, 0) is 56.2 Å². The lowest BCUT2D eigenvalue weighted by atomic mass is 9.76. The van der Waals surface area contributed by atoms with Crippen molar-refractivity contribution in [2.75, 3.05) is 6.61 Å². The molecule has 0 unspecified atom stereocenters. The fraction of sp³-hybridized carbons (Fsp3) is 0.462. The molecule has 4 nitrogen and oxygen atoms in total. The van der Waals surface area contributed by atoms with Crippen LogP contribution in [0.25, 0.3) is 0 Å². The highest BCUT2D eigenvalue weighted by Gasteiger charge is 2.40. The van der Waals surface area contributed by atoms with Gasteiger partial charge in [-0.25, -0.2) is 0 Å². The van der Waals surface area contributed by atoms with E-state index in [1.807, 2.05) is 31.2 Å². The Labute approximate surface area is 178 Å². The van der Waals surface area contributed by atoms with Gasteiger partial charge in [-0.15, -0.1) is 0 Å². The minimum absolute atomic E-state index is 0.000926. The molecule has 0 amide bonds. The van der Waals surface area contributed by atoms with Crippen LogP contribution in [0.3, 0.4) is 0 Å². The molecular formula is C26H30O4. The summed E-state index contributed by atoms with van der Waals surface area (Å²) in [5.41, 5.74) is 2.77. The van der Waals surface area contributed by atoms with Crippen LogP contribution in [-0.4, -0.2) is 29.4 Å². The predicted octanol–water partition coefficient (Wildman–Crippen LogP) is 5.10. The molecule has 4 rings (SSSR count). The van der Waals surface area contributed by atoms with E-state index in [9.17, 15) is 14.7 Å². The Hall–Kier alpha value is -2.46. The van der Waals surface area contributed by atoms with Crippen LogP contribution in [0.2, 0.25) is 0 Å². The molecule has 1 saturated carbocycles. The average Bonchev–Trinajstić information content (AvgIpc) is 3.12. The number of aliphatic hydroxyl groups is 1. The van der Waals surface area contributed by atoms with Crippen LogP contribution in [0.5, 0.6) is 5.75 Å². The molecule has 0 saturated heterocycles. The van der Waals surface area contributed by atoms with Crippen LogP contribution in [0.15, 0.2) is 42.5 Å². The van der Waals surface area contributed by atoms with Crippen molar-refractivity contribution < 1.29 is 19.4 Å². The fourth-order valence-electron chi connectivity index (χ4n) is 4.82. The van der Waals surface area contributed by atoms with Gasteiger partial charge >= 0.3 is 0 Å². The summed E-state index contributed by atoms with van der Waals surface area (Å²) in [6.07, 6.45) is 3.90. The third-order valence-corrected chi connectivity index (χ3v) is 6.83. The molecule has 0 aromatic heterocycles. The van der Waals surface area contributed by atoms with E-state index >= 15 is 0 Å². The third-order valence-electron chi connectivity index (χ3n) is 6.83. The number of hydrogen-bond acceptors (Lipinski definition) is 4. The second-order valence-corrected chi connectivity index (χ2v) is 8.97. The Morgan fingerprint density at radius 1 is 1.07 bits per heavy atom. The number of benzene rings is 2. The molecule has 0 radical (unpaired) electrons. The maximum absolute atomic E-state index is 13.2. The maximum atomic E-state index is 13.2. The van der Waals surface area contributed by atoms with E-state index in [-0.39, 0.29) is 17.7 Å². The first-order valence-electron chi connectivity index (χ1n) is 11.0. The third kappa shape index (κ3) is 3.81. The van der Waals surface area contributed by atoms with Crippen molar-refractivity contribution in [3.63, 3.8) is 0 Å². The summed E-state index contributed by atoms with van der Waals surface area (Å²) < 4.78 is 6.06. The summed E-state index contributed by atoms with van der Waals surface area (Å²) in [5.74, 6) is 1.01. The molecule has 2 aliphatic rings. The number of hydrogen-bond donors (Lipinski definition) is 1. The van der Waals surface area contributed by atoms with E-state index in [0.717, 1.165) is 36.8 Å². The number of ketones is 2. The van der Waals surface area contributed by atoms with E-state index in [2.05, 4.69) is 19.1 Å². The van der Waals surface area contributed by atoms with Crippen molar-refractivity contribution >= 4 is 11.6 Å². The van der Waals surface area contributed by atoms with E-state index in [1.54, 1.807) is 6.07 Å². The number of Topliss-reactive ketones (excluding diaryl/α,β-unsaturated/α-hetero) is 2. The van der Waals surface area contributed by atoms with Crippen molar-refractivity contribution in [3.8, 4) is 5.75 Å². The van der Waals surface area contributed by atoms with Crippen molar-refractivity contribution in [2.45, 2.75) is 63.9 Å². The zero-order valence-corrected chi connectivity index (χ0v) is 17.8. The topological polar surface area (TPSA) is 63.6 Å². The van der Waals surface area contributed by atoms with Gasteiger partial charge in [0, 0.05) is 24.0 Å². The van der Waals surface area contributed by atoms with Crippen LogP contribution in [0.1, 0.15) is 84.2 Å². The van der Waals surface area contributed by atoms with E-state index in [4.69, 9.17) is 4.74 Å². The largest absolute Gasteiger partial charge is 0.491 e. The number of aliphatic hydroxyl groups excluding tert-OH is 1. The van der Waals surface area contributed by atoms with E-state index in [0.29, 0.717) is 42.2 Å². The lowest BCUT2D eigenvalue weighted by Gasteiger charge is -2.25. The zero-order chi connectivity index (χ0) is 21.3. The Morgan fingerprint density at radius 3 is 2.43 bits per heavy atom. The Balaban J connectivity index is 1.71. The maximum Gasteiger partial charge on any atom is 0.166 e. The highest BCUT2D eigenvalue weighted by molar-refractivity contribution is 6.04. The second kappa shape index (κ2) is 8.35. The molecule has 2 aromatic rings. The minimum Gasteiger partial charge on any atom is -0.491 e. The summed E-state index contributed by atoms with van der Waals surface area (Å²) in [6.45, 7) is 4.40. The van der Waals surface area contributed by atoms with Crippen LogP contribution < -0.4 is 4.74 Å². The van der Waals surface area contributed by atoms with Crippen molar-refractivity contribution in [2.24, 2.45) is 5.92 Å². The van der Waals surface area contributed by atoms with Crippen LogP contribution >= 0.6 is 0 Å². The highest BCUT2D eigenvalue weighted by atomic mass is 16.5. The van der Waals surface area contributed by atoms with Gasteiger partial charge in [-0.1, -0.05) is 37.3 Å². The monoisotopic (exact) mass is 406 g/mol. The molecule has 1 N–H and O–H groups in total. The molecule has 1 fully saturated rings. The van der Waals surface area contributed by atoms with Crippen LogP contribution in [-0.2, 0) is 5.41 Å². The number of carbonyl (C=O) groups excluding carboxylic acids is 2. The number of fused-ring (bicyclic) bond motifs is 1. The van der Waals surface area contributed by atoms with Gasteiger partial charge in [0.25, 0.3) is 0 Å². The molecule has 0 bridgehead atoms. The van der Waals surface area contributed by atoms with Crippen molar-refractivity contribution in [1.82, 2.24) is 0 Å². The van der Waals surface area contributed by atoms with Crippen LogP contribution in [0.4, 0.5) is 0 Å². The fourth-order valence-corrected chi connectivity index (χ4v) is 4.82. The molecule has 1 atom stereocenters. The molecule has 1 aliphatic heterocycles. The van der Waals surface area contributed by atoms with Gasteiger partial charge in [-0.3, -0.25) is 9.59 Å². The molecular weight excluding hydrogens is 376 g/mol. The number of rotatable bonds is 6. The summed E-state index contributed by atoms with van der Waals surface area (Å²) in [7, 11) is 0. The van der Waals surface area contributed by atoms with Gasteiger partial charge in [0.15, 0.2) is 11.6 Å². The van der Waals surface area contributed by atoms with Gasteiger partial charge < -0.3 is 9.84 Å². The summed E-state index contributed by atoms with van der Waals surface area (Å²) >= 11 is 0. The highest BCUT2D eigenvalue weighted by Crippen LogP contribution is 2.46. The normalized spacial score (nSPS) is 25.4. The van der Waals surface area contributed by atoms with Gasteiger partial charge in [0.05, 0.1) is 17.1 Å². The summed E-state index contributed by atoms with van der Waals surface area (Å²) in [6, 6.07) is 13.8. The number of carbonyl (C=O) groups is 2. The van der Waals surface area contributed by atoms with Crippen LogP contribution in [0, 0.1) is 5.92 Å². The molecule has 1 aliphatic carbocycles. The lowest BCUT2D eigenvalue weighted by Crippen LogP contribution is -2.25. The molecule has 4 heteroatoms. The van der Waals surface area contributed by atoms with Gasteiger partial charge in [0.1, 0.15) is 12.4 Å². The SMILES string of the molecule is CCC(=O)c1cc(C(=O)CC2CCC(O)CC2)cc2c1OC[C@@]2(C)c1ccccc1. The Bertz CT molecular complexity index is 941. The van der Waals surface area contributed by atoms with E-state index in [1.165, 1.54) is 0 Å². The molecule has 158 valence electrons. The Morgan fingerprint density at radius 2 is 1.77 bits per heavy atom. The molecule has 1 heterocycles. The molecule has 30 heavy (non-hydrogen) atoms. The Kier molecular flexibility index (Phi) is 5.79.